The van der Waals surface area contributed by atoms with Gasteiger partial charge in [0, 0.05) is 19.2 Å². The number of carbonyl (C=O) groups excluding carboxylic acids is 1. The highest BCUT2D eigenvalue weighted by molar-refractivity contribution is 5.95. The molecule has 28 heavy (non-hydrogen) atoms. The summed E-state index contributed by atoms with van der Waals surface area (Å²) in [6, 6.07) is 14.8. The summed E-state index contributed by atoms with van der Waals surface area (Å²) in [5, 5.41) is 12.0. The van der Waals surface area contributed by atoms with Crippen LogP contribution in [0.2, 0.25) is 0 Å². The third kappa shape index (κ3) is 4.95. The number of benzene rings is 2. The van der Waals surface area contributed by atoms with E-state index in [-0.39, 0.29) is 12.5 Å². The van der Waals surface area contributed by atoms with Crippen LogP contribution in [0, 0.1) is 11.3 Å². The first-order valence-electron chi connectivity index (χ1n) is 9.65. The predicted molar refractivity (Wildman–Crippen MR) is 109 cm³/mol. The quantitative estimate of drug-likeness (QED) is 0.788. The van der Waals surface area contributed by atoms with Crippen LogP contribution in [-0.2, 0) is 4.79 Å². The summed E-state index contributed by atoms with van der Waals surface area (Å²) in [7, 11) is 0. The zero-order valence-corrected chi connectivity index (χ0v) is 16.1. The van der Waals surface area contributed by atoms with E-state index in [9.17, 15) is 4.79 Å². The van der Waals surface area contributed by atoms with Crippen molar-refractivity contribution in [3.63, 3.8) is 0 Å². The van der Waals surface area contributed by atoms with Crippen LogP contribution in [0.1, 0.15) is 31.7 Å². The first-order chi connectivity index (χ1) is 13.7. The number of ether oxygens (including phenoxy) is 2. The Morgan fingerprint density at radius 1 is 1.11 bits per heavy atom. The minimum Gasteiger partial charge on any atom is -0.490 e. The van der Waals surface area contributed by atoms with Crippen LogP contribution < -0.4 is 19.7 Å². The van der Waals surface area contributed by atoms with Gasteiger partial charge < -0.3 is 19.7 Å². The molecule has 1 saturated heterocycles. The van der Waals surface area contributed by atoms with Crippen molar-refractivity contribution in [1.82, 2.24) is 0 Å². The molecule has 0 atom stereocenters. The van der Waals surface area contributed by atoms with Crippen molar-refractivity contribution in [3.05, 3.63) is 48.0 Å². The van der Waals surface area contributed by atoms with Gasteiger partial charge in [-0.1, -0.05) is 12.1 Å². The van der Waals surface area contributed by atoms with Crippen LogP contribution >= 0.6 is 0 Å². The third-order valence-electron chi connectivity index (χ3n) is 4.61. The Morgan fingerprint density at radius 2 is 1.89 bits per heavy atom. The number of nitrogens with zero attached hydrogens (tertiary/aromatic N) is 2. The van der Waals surface area contributed by atoms with E-state index in [1.165, 1.54) is 19.3 Å². The Morgan fingerprint density at radius 3 is 2.64 bits per heavy atom. The first kappa shape index (κ1) is 19.6. The van der Waals surface area contributed by atoms with Gasteiger partial charge in [0.05, 0.1) is 29.6 Å². The van der Waals surface area contributed by atoms with E-state index < -0.39 is 0 Å². The topological polar surface area (TPSA) is 74.6 Å². The van der Waals surface area contributed by atoms with Gasteiger partial charge in [0.25, 0.3) is 5.91 Å². The number of hydrogen-bond donors (Lipinski definition) is 1. The lowest BCUT2D eigenvalue weighted by molar-refractivity contribution is -0.118. The standard InChI is InChI=1S/C22H25N3O3/c1-2-27-21-14-17(15-23)10-11-20(21)28-16-22(26)24-18-8-4-5-9-19(18)25-12-6-3-7-13-25/h4-5,8-11,14H,2-3,6-7,12-13,16H2,1H3,(H,24,26). The lowest BCUT2D eigenvalue weighted by atomic mass is 10.1. The van der Waals surface area contributed by atoms with Crippen LogP contribution in [0.4, 0.5) is 11.4 Å². The van der Waals surface area contributed by atoms with Crippen molar-refractivity contribution >= 4 is 17.3 Å². The maximum atomic E-state index is 12.5. The first-order valence-corrected chi connectivity index (χ1v) is 9.65. The lowest BCUT2D eigenvalue weighted by Gasteiger charge is -2.30. The van der Waals surface area contributed by atoms with Crippen molar-refractivity contribution in [2.45, 2.75) is 26.2 Å². The molecule has 1 aliphatic heterocycles. The van der Waals surface area contributed by atoms with E-state index in [1.807, 2.05) is 31.2 Å². The second-order valence-corrected chi connectivity index (χ2v) is 6.61. The van der Waals surface area contributed by atoms with Crippen molar-refractivity contribution in [2.24, 2.45) is 0 Å². The zero-order valence-electron chi connectivity index (χ0n) is 16.1. The molecule has 0 saturated carbocycles. The molecule has 1 aliphatic rings. The van der Waals surface area contributed by atoms with Crippen LogP contribution in [0.15, 0.2) is 42.5 Å². The molecule has 1 amide bonds. The van der Waals surface area contributed by atoms with E-state index in [0.29, 0.717) is 23.7 Å². The summed E-state index contributed by atoms with van der Waals surface area (Å²) in [5.74, 6) is 0.666. The number of carbonyl (C=O) groups is 1. The molecule has 0 spiro atoms. The van der Waals surface area contributed by atoms with E-state index in [2.05, 4.69) is 16.3 Å². The molecule has 146 valence electrons. The number of amides is 1. The van der Waals surface area contributed by atoms with Gasteiger partial charge >= 0.3 is 0 Å². The molecule has 0 unspecified atom stereocenters. The van der Waals surface area contributed by atoms with Gasteiger partial charge in [-0.2, -0.15) is 5.26 Å². The van der Waals surface area contributed by atoms with Gasteiger partial charge in [0.1, 0.15) is 0 Å². The molecule has 1 fully saturated rings. The molecule has 1 heterocycles. The Labute approximate surface area is 165 Å². The van der Waals surface area contributed by atoms with E-state index in [4.69, 9.17) is 14.7 Å². The number of piperidine rings is 1. The lowest BCUT2D eigenvalue weighted by Crippen LogP contribution is -2.31. The summed E-state index contributed by atoms with van der Waals surface area (Å²) in [6.07, 6.45) is 3.60. The van der Waals surface area contributed by atoms with Crippen LogP contribution in [0.5, 0.6) is 11.5 Å². The predicted octanol–water partition coefficient (Wildman–Crippen LogP) is 3.96. The summed E-state index contributed by atoms with van der Waals surface area (Å²) in [6.45, 7) is 4.17. The van der Waals surface area contributed by atoms with Crippen molar-refractivity contribution in [3.8, 4) is 17.6 Å². The second-order valence-electron chi connectivity index (χ2n) is 6.61. The maximum Gasteiger partial charge on any atom is 0.262 e. The molecule has 2 aromatic rings. The summed E-state index contributed by atoms with van der Waals surface area (Å²) in [4.78, 5) is 14.8. The fourth-order valence-electron chi connectivity index (χ4n) is 3.28. The number of nitrogens with one attached hydrogen (secondary N) is 1. The van der Waals surface area contributed by atoms with Gasteiger partial charge in [0.15, 0.2) is 18.1 Å². The highest BCUT2D eigenvalue weighted by Gasteiger charge is 2.16. The molecule has 3 rings (SSSR count). The molecule has 0 radical (unpaired) electrons. The molecule has 0 bridgehead atoms. The fourth-order valence-corrected chi connectivity index (χ4v) is 3.28. The highest BCUT2D eigenvalue weighted by Crippen LogP contribution is 2.30. The van der Waals surface area contributed by atoms with Crippen LogP contribution in [-0.4, -0.2) is 32.2 Å². The maximum absolute atomic E-state index is 12.5. The molecule has 6 nitrogen and oxygen atoms in total. The summed E-state index contributed by atoms with van der Waals surface area (Å²) >= 11 is 0. The Bertz CT molecular complexity index is 854. The van der Waals surface area contributed by atoms with Gasteiger partial charge in [-0.3, -0.25) is 4.79 Å². The highest BCUT2D eigenvalue weighted by atomic mass is 16.5. The van der Waals surface area contributed by atoms with Crippen molar-refractivity contribution in [2.75, 3.05) is 36.5 Å². The van der Waals surface area contributed by atoms with Crippen LogP contribution in [0.25, 0.3) is 0 Å². The Balaban J connectivity index is 1.65. The monoisotopic (exact) mass is 379 g/mol. The molecule has 0 aliphatic carbocycles. The van der Waals surface area contributed by atoms with E-state index in [0.717, 1.165) is 24.5 Å². The molecular formula is C22H25N3O3. The number of para-hydroxylation sites is 2. The number of nitriles is 1. The summed E-state index contributed by atoms with van der Waals surface area (Å²) in [5.41, 5.74) is 2.32. The van der Waals surface area contributed by atoms with Crippen LogP contribution in [0.3, 0.4) is 0 Å². The number of rotatable bonds is 7. The molecule has 1 N–H and O–H groups in total. The SMILES string of the molecule is CCOc1cc(C#N)ccc1OCC(=O)Nc1ccccc1N1CCCCC1. The molecular weight excluding hydrogens is 354 g/mol. The minimum absolute atomic E-state index is 0.139. The molecule has 0 aromatic heterocycles. The molecule has 6 heteroatoms. The normalized spacial score (nSPS) is 13.5. The largest absolute Gasteiger partial charge is 0.490 e. The number of anilines is 2. The van der Waals surface area contributed by atoms with Gasteiger partial charge in [-0.15, -0.1) is 0 Å². The van der Waals surface area contributed by atoms with E-state index >= 15 is 0 Å². The number of hydrogen-bond acceptors (Lipinski definition) is 5. The summed E-state index contributed by atoms with van der Waals surface area (Å²) < 4.78 is 11.2. The minimum atomic E-state index is -0.240. The zero-order chi connectivity index (χ0) is 19.8. The van der Waals surface area contributed by atoms with Crippen molar-refractivity contribution < 1.29 is 14.3 Å². The fraction of sp³-hybridized carbons (Fsp3) is 0.364. The average Bonchev–Trinajstić information content (AvgIpc) is 2.74. The second kappa shape index (κ2) is 9.65. The Hall–Kier alpha value is -3.20. The molecule has 2 aromatic carbocycles. The Kier molecular flexibility index (Phi) is 6.74. The van der Waals surface area contributed by atoms with E-state index in [1.54, 1.807) is 18.2 Å². The van der Waals surface area contributed by atoms with Crippen molar-refractivity contribution in [1.29, 1.82) is 5.26 Å². The third-order valence-corrected chi connectivity index (χ3v) is 4.61. The van der Waals surface area contributed by atoms with Gasteiger partial charge in [-0.25, -0.2) is 0 Å². The smallest absolute Gasteiger partial charge is 0.262 e. The van der Waals surface area contributed by atoms with Gasteiger partial charge in [0.2, 0.25) is 0 Å². The van der Waals surface area contributed by atoms with Gasteiger partial charge in [-0.05, 0) is 50.5 Å². The average molecular weight is 379 g/mol.